The van der Waals surface area contributed by atoms with Crippen LogP contribution in [0.4, 0.5) is 0 Å². The van der Waals surface area contributed by atoms with Crippen molar-refractivity contribution in [3.8, 4) is 11.1 Å². The Morgan fingerprint density at radius 2 is 1.80 bits per heavy atom. The average molecular weight is 363 g/mol. The van der Waals surface area contributed by atoms with E-state index in [0.29, 0.717) is 0 Å². The SMILES string of the molecule is Cc1cccc(CSc2ncnc3sc(C)c(-c4ccccc4)c23)c1. The molecule has 0 aliphatic heterocycles. The molecule has 25 heavy (non-hydrogen) atoms. The van der Waals surface area contributed by atoms with Crippen LogP contribution in [0.2, 0.25) is 0 Å². The lowest BCUT2D eigenvalue weighted by Crippen LogP contribution is -1.88. The van der Waals surface area contributed by atoms with Crippen molar-refractivity contribution in [2.24, 2.45) is 0 Å². The molecule has 2 heterocycles. The summed E-state index contributed by atoms with van der Waals surface area (Å²) in [6.07, 6.45) is 1.69. The minimum atomic E-state index is 0.914. The summed E-state index contributed by atoms with van der Waals surface area (Å²) in [5, 5.41) is 2.25. The highest BCUT2D eigenvalue weighted by atomic mass is 32.2. The van der Waals surface area contributed by atoms with E-state index >= 15 is 0 Å². The third kappa shape index (κ3) is 3.32. The average Bonchev–Trinajstić information content (AvgIpc) is 2.97. The summed E-state index contributed by atoms with van der Waals surface area (Å²) in [7, 11) is 0. The van der Waals surface area contributed by atoms with Gasteiger partial charge in [-0.3, -0.25) is 0 Å². The molecule has 0 atom stereocenters. The van der Waals surface area contributed by atoms with Gasteiger partial charge >= 0.3 is 0 Å². The van der Waals surface area contributed by atoms with Gasteiger partial charge in [0, 0.05) is 16.2 Å². The Hall–Kier alpha value is -2.17. The second-order valence-corrected chi connectivity index (χ2v) is 8.20. The molecule has 0 N–H and O–H groups in total. The summed E-state index contributed by atoms with van der Waals surface area (Å²) >= 11 is 3.54. The van der Waals surface area contributed by atoms with Gasteiger partial charge in [-0.1, -0.05) is 60.2 Å². The maximum absolute atomic E-state index is 4.60. The van der Waals surface area contributed by atoms with Crippen LogP contribution in [0.15, 0.2) is 66.0 Å². The van der Waals surface area contributed by atoms with Crippen LogP contribution in [0.25, 0.3) is 21.3 Å². The van der Waals surface area contributed by atoms with E-state index in [-0.39, 0.29) is 0 Å². The minimum Gasteiger partial charge on any atom is -0.229 e. The van der Waals surface area contributed by atoms with E-state index < -0.39 is 0 Å². The Kier molecular flexibility index (Phi) is 4.55. The van der Waals surface area contributed by atoms with E-state index in [1.165, 1.54) is 32.5 Å². The summed E-state index contributed by atoms with van der Waals surface area (Å²) in [4.78, 5) is 11.5. The van der Waals surface area contributed by atoms with Crippen molar-refractivity contribution in [3.63, 3.8) is 0 Å². The van der Waals surface area contributed by atoms with Crippen LogP contribution in [0.1, 0.15) is 16.0 Å². The van der Waals surface area contributed by atoms with Crippen molar-refractivity contribution < 1.29 is 0 Å². The Labute approximate surface area is 156 Å². The molecule has 0 saturated carbocycles. The first-order chi connectivity index (χ1) is 12.2. The first-order valence-corrected chi connectivity index (χ1v) is 10.0. The molecule has 0 fully saturated rings. The van der Waals surface area contributed by atoms with Gasteiger partial charge in [0.2, 0.25) is 0 Å². The number of aromatic nitrogens is 2. The molecule has 2 nitrogen and oxygen atoms in total. The first-order valence-electron chi connectivity index (χ1n) is 8.20. The third-order valence-electron chi connectivity index (χ3n) is 4.15. The molecular formula is C21H18N2S2. The summed E-state index contributed by atoms with van der Waals surface area (Å²) in [6.45, 7) is 4.30. The van der Waals surface area contributed by atoms with Gasteiger partial charge in [-0.2, -0.15) is 0 Å². The van der Waals surface area contributed by atoms with Crippen LogP contribution in [0.5, 0.6) is 0 Å². The fourth-order valence-electron chi connectivity index (χ4n) is 3.03. The number of thioether (sulfide) groups is 1. The lowest BCUT2D eigenvalue weighted by Gasteiger charge is -2.07. The zero-order chi connectivity index (χ0) is 17.2. The van der Waals surface area contributed by atoms with Crippen molar-refractivity contribution in [3.05, 3.63) is 76.9 Å². The first kappa shape index (κ1) is 16.3. The highest BCUT2D eigenvalue weighted by Crippen LogP contribution is 2.41. The van der Waals surface area contributed by atoms with E-state index in [0.717, 1.165) is 15.6 Å². The largest absolute Gasteiger partial charge is 0.229 e. The van der Waals surface area contributed by atoms with Crippen molar-refractivity contribution in [2.45, 2.75) is 24.6 Å². The number of hydrogen-bond acceptors (Lipinski definition) is 4. The fraction of sp³-hybridized carbons (Fsp3) is 0.143. The van der Waals surface area contributed by atoms with Gasteiger partial charge in [0.1, 0.15) is 16.2 Å². The number of nitrogens with zero attached hydrogens (tertiary/aromatic N) is 2. The van der Waals surface area contributed by atoms with Gasteiger partial charge in [0.25, 0.3) is 0 Å². The second kappa shape index (κ2) is 6.98. The summed E-state index contributed by atoms with van der Waals surface area (Å²) in [6, 6.07) is 19.2. The summed E-state index contributed by atoms with van der Waals surface area (Å²) in [5.41, 5.74) is 5.12. The van der Waals surface area contributed by atoms with Gasteiger partial charge in [-0.15, -0.1) is 23.1 Å². The van der Waals surface area contributed by atoms with E-state index in [2.05, 4.69) is 78.4 Å². The van der Waals surface area contributed by atoms with Crippen LogP contribution in [-0.4, -0.2) is 9.97 Å². The number of thiophene rings is 1. The molecule has 4 heteroatoms. The number of benzene rings is 2. The molecule has 4 rings (SSSR count). The Bertz CT molecular complexity index is 1020. The van der Waals surface area contributed by atoms with Crippen molar-refractivity contribution in [1.82, 2.24) is 9.97 Å². The zero-order valence-corrected chi connectivity index (χ0v) is 15.8. The summed E-state index contributed by atoms with van der Waals surface area (Å²) in [5.74, 6) is 0.914. The predicted octanol–water partition coefficient (Wildman–Crippen LogP) is 6.27. The molecule has 2 aromatic carbocycles. The van der Waals surface area contributed by atoms with Gasteiger partial charge in [-0.25, -0.2) is 9.97 Å². The maximum Gasteiger partial charge on any atom is 0.128 e. The molecule has 0 unspecified atom stereocenters. The summed E-state index contributed by atoms with van der Waals surface area (Å²) < 4.78 is 0. The molecule has 2 aromatic heterocycles. The molecule has 124 valence electrons. The predicted molar refractivity (Wildman–Crippen MR) is 108 cm³/mol. The Morgan fingerprint density at radius 3 is 2.60 bits per heavy atom. The lowest BCUT2D eigenvalue weighted by atomic mass is 10.0. The van der Waals surface area contributed by atoms with Gasteiger partial charge in [0.05, 0.1) is 5.39 Å². The van der Waals surface area contributed by atoms with Crippen molar-refractivity contribution >= 4 is 33.3 Å². The molecule has 0 saturated heterocycles. The smallest absolute Gasteiger partial charge is 0.128 e. The molecule has 0 aliphatic carbocycles. The van der Waals surface area contributed by atoms with E-state index in [9.17, 15) is 0 Å². The number of hydrogen-bond donors (Lipinski definition) is 0. The van der Waals surface area contributed by atoms with E-state index in [1.807, 2.05) is 0 Å². The maximum atomic E-state index is 4.60. The van der Waals surface area contributed by atoms with Gasteiger partial charge in [0.15, 0.2) is 0 Å². The third-order valence-corrected chi connectivity index (χ3v) is 6.22. The van der Waals surface area contributed by atoms with E-state index in [4.69, 9.17) is 0 Å². The molecule has 4 aromatic rings. The van der Waals surface area contributed by atoms with Gasteiger partial charge in [-0.05, 0) is 25.0 Å². The fourth-order valence-corrected chi connectivity index (χ4v) is 5.06. The second-order valence-electron chi connectivity index (χ2n) is 6.04. The highest BCUT2D eigenvalue weighted by molar-refractivity contribution is 7.98. The topological polar surface area (TPSA) is 25.8 Å². The van der Waals surface area contributed by atoms with E-state index in [1.54, 1.807) is 29.4 Å². The molecule has 0 aliphatic rings. The van der Waals surface area contributed by atoms with Gasteiger partial charge < -0.3 is 0 Å². The minimum absolute atomic E-state index is 0.914. The Morgan fingerprint density at radius 1 is 0.960 bits per heavy atom. The highest BCUT2D eigenvalue weighted by Gasteiger charge is 2.16. The van der Waals surface area contributed by atoms with Crippen molar-refractivity contribution in [1.29, 1.82) is 0 Å². The van der Waals surface area contributed by atoms with Crippen LogP contribution in [0.3, 0.4) is 0 Å². The monoisotopic (exact) mass is 362 g/mol. The molecule has 0 bridgehead atoms. The number of fused-ring (bicyclic) bond motifs is 1. The number of aryl methyl sites for hydroxylation is 2. The lowest BCUT2D eigenvalue weighted by molar-refractivity contribution is 1.11. The van der Waals surface area contributed by atoms with Crippen LogP contribution < -0.4 is 0 Å². The molecule has 0 radical (unpaired) electrons. The molecule has 0 amide bonds. The van der Waals surface area contributed by atoms with Crippen molar-refractivity contribution in [2.75, 3.05) is 0 Å². The Balaban J connectivity index is 1.77. The van der Waals surface area contributed by atoms with Crippen LogP contribution >= 0.6 is 23.1 Å². The quantitative estimate of drug-likeness (QED) is 0.316. The molecule has 0 spiro atoms. The number of rotatable bonds is 4. The van der Waals surface area contributed by atoms with Crippen LogP contribution in [-0.2, 0) is 5.75 Å². The molecular weight excluding hydrogens is 344 g/mol. The zero-order valence-electron chi connectivity index (χ0n) is 14.2. The normalized spacial score (nSPS) is 11.1. The van der Waals surface area contributed by atoms with Crippen LogP contribution in [0, 0.1) is 13.8 Å². The standard InChI is InChI=1S/C21H18N2S2/c1-14-7-6-8-16(11-14)12-24-20-19-18(17-9-4-3-5-10-17)15(2)25-21(19)23-13-22-20/h3-11,13H,12H2,1-2H3.